The maximum absolute atomic E-state index is 12.5. The van der Waals surface area contributed by atoms with Crippen molar-refractivity contribution >= 4 is 11.6 Å². The van der Waals surface area contributed by atoms with Gasteiger partial charge in [0.1, 0.15) is 0 Å². The van der Waals surface area contributed by atoms with Crippen molar-refractivity contribution in [1.82, 2.24) is 5.32 Å². The Balaban J connectivity index is 2.13. The first-order chi connectivity index (χ1) is 8.97. The zero-order valence-corrected chi connectivity index (χ0v) is 9.79. The van der Waals surface area contributed by atoms with Crippen LogP contribution in [0.25, 0.3) is 0 Å². The molecular weight excluding hydrogens is 257 g/mol. The van der Waals surface area contributed by atoms with Crippen molar-refractivity contribution in [3.8, 4) is 0 Å². The lowest BCUT2D eigenvalue weighted by molar-refractivity contribution is -0.137. The molecule has 1 aliphatic rings. The van der Waals surface area contributed by atoms with Gasteiger partial charge in [0.15, 0.2) is 0 Å². The van der Waals surface area contributed by atoms with Gasteiger partial charge in [0.05, 0.1) is 5.56 Å². The average Bonchev–Trinajstić information content (AvgIpc) is 2.39. The molecule has 19 heavy (non-hydrogen) atoms. The maximum Gasteiger partial charge on any atom is 0.416 e. The number of anilines is 1. The summed E-state index contributed by atoms with van der Waals surface area (Å²) in [6, 6.07) is 4.54. The van der Waals surface area contributed by atoms with Crippen LogP contribution in [0.3, 0.4) is 0 Å². The largest absolute Gasteiger partial charge is 0.416 e. The van der Waals surface area contributed by atoms with Gasteiger partial charge in [-0.1, -0.05) is 12.1 Å². The molecule has 0 aliphatic carbocycles. The predicted octanol–water partition coefficient (Wildman–Crippen LogP) is 2.69. The molecule has 0 saturated carbocycles. The Labute approximate surface area is 107 Å². The quantitative estimate of drug-likeness (QED) is 0.865. The number of hydrogen-bond acceptors (Lipinski definition) is 2. The third kappa shape index (κ3) is 3.37. The fourth-order valence-corrected chi connectivity index (χ4v) is 1.60. The molecule has 2 rings (SSSR count). The van der Waals surface area contributed by atoms with Gasteiger partial charge in [-0.25, -0.2) is 0 Å². The van der Waals surface area contributed by atoms with Gasteiger partial charge in [-0.3, -0.25) is 4.79 Å². The molecule has 1 aromatic carbocycles. The first-order valence-corrected chi connectivity index (χ1v) is 5.54. The van der Waals surface area contributed by atoms with Crippen molar-refractivity contribution < 1.29 is 18.0 Å². The average molecular weight is 268 g/mol. The number of nitrogens with one attached hydrogen (secondary N) is 2. The molecule has 2 N–H and O–H groups in total. The fraction of sp³-hybridized carbons (Fsp3) is 0.154. The number of dihydropyridines is 1. The summed E-state index contributed by atoms with van der Waals surface area (Å²) in [5.74, 6) is -0.420. The lowest BCUT2D eigenvalue weighted by atomic mass is 10.1. The highest BCUT2D eigenvalue weighted by molar-refractivity contribution is 6.04. The number of benzene rings is 1. The smallest absolute Gasteiger partial charge is 0.387 e. The summed E-state index contributed by atoms with van der Waals surface area (Å²) in [5, 5.41) is 5.29. The van der Waals surface area contributed by atoms with E-state index in [0.29, 0.717) is 12.1 Å². The molecule has 1 amide bonds. The summed E-state index contributed by atoms with van der Waals surface area (Å²) >= 11 is 0. The van der Waals surface area contributed by atoms with Gasteiger partial charge in [0.25, 0.3) is 5.91 Å². The predicted molar refractivity (Wildman–Crippen MR) is 65.3 cm³/mol. The molecule has 0 unspecified atom stereocenters. The minimum absolute atomic E-state index is 0.121. The van der Waals surface area contributed by atoms with Crippen LogP contribution in [0, 0.1) is 0 Å². The Morgan fingerprint density at radius 3 is 2.74 bits per heavy atom. The first-order valence-electron chi connectivity index (χ1n) is 5.54. The van der Waals surface area contributed by atoms with Crippen molar-refractivity contribution in [3.63, 3.8) is 0 Å². The Morgan fingerprint density at radius 2 is 2.11 bits per heavy atom. The number of amides is 1. The number of alkyl halides is 3. The van der Waals surface area contributed by atoms with E-state index < -0.39 is 17.6 Å². The van der Waals surface area contributed by atoms with Crippen molar-refractivity contribution in [2.45, 2.75) is 6.18 Å². The molecule has 0 radical (unpaired) electrons. The lowest BCUT2D eigenvalue weighted by Gasteiger charge is -2.12. The van der Waals surface area contributed by atoms with E-state index in [1.807, 2.05) is 0 Å². The van der Waals surface area contributed by atoms with Crippen molar-refractivity contribution in [2.75, 3.05) is 11.9 Å². The first kappa shape index (κ1) is 13.2. The molecule has 0 bridgehead atoms. The SMILES string of the molecule is O=C(Nc1cccc(C(F)(F)F)c1)C1=CC=CNC1. The summed E-state index contributed by atoms with van der Waals surface area (Å²) in [5.41, 5.74) is -0.212. The van der Waals surface area contributed by atoms with E-state index >= 15 is 0 Å². The molecule has 0 spiro atoms. The topological polar surface area (TPSA) is 41.1 Å². The van der Waals surface area contributed by atoms with E-state index in [4.69, 9.17) is 0 Å². The molecule has 1 aromatic rings. The van der Waals surface area contributed by atoms with Gasteiger partial charge in [0.2, 0.25) is 0 Å². The van der Waals surface area contributed by atoms with Gasteiger partial charge in [-0.2, -0.15) is 13.2 Å². The van der Waals surface area contributed by atoms with E-state index in [2.05, 4.69) is 10.6 Å². The van der Waals surface area contributed by atoms with Gasteiger partial charge >= 0.3 is 6.18 Å². The molecule has 1 aliphatic heterocycles. The van der Waals surface area contributed by atoms with Crippen LogP contribution in [0.5, 0.6) is 0 Å². The molecule has 100 valence electrons. The van der Waals surface area contributed by atoms with Crippen LogP contribution in [0.1, 0.15) is 5.56 Å². The number of allylic oxidation sites excluding steroid dienone is 2. The van der Waals surface area contributed by atoms with Crippen molar-refractivity contribution in [3.05, 3.63) is 53.8 Å². The van der Waals surface area contributed by atoms with Crippen LogP contribution in [-0.2, 0) is 11.0 Å². The zero-order valence-electron chi connectivity index (χ0n) is 9.79. The Bertz CT molecular complexity index is 547. The molecule has 1 heterocycles. The second-order valence-corrected chi connectivity index (χ2v) is 3.96. The van der Waals surface area contributed by atoms with Crippen LogP contribution in [0.15, 0.2) is 48.2 Å². The van der Waals surface area contributed by atoms with E-state index in [1.165, 1.54) is 12.1 Å². The molecule has 0 saturated heterocycles. The number of halogens is 3. The molecule has 0 fully saturated rings. The van der Waals surface area contributed by atoms with Gasteiger partial charge < -0.3 is 10.6 Å². The Morgan fingerprint density at radius 1 is 1.32 bits per heavy atom. The van der Waals surface area contributed by atoms with Crippen LogP contribution >= 0.6 is 0 Å². The standard InChI is InChI=1S/C13H11F3N2O/c14-13(15,16)10-4-1-5-11(7-10)18-12(19)9-3-2-6-17-8-9/h1-7,17H,8H2,(H,18,19). The number of rotatable bonds is 2. The number of carbonyl (C=O) groups excluding carboxylic acids is 1. The summed E-state index contributed by atoms with van der Waals surface area (Å²) in [6.45, 7) is 0.349. The number of hydrogen-bond donors (Lipinski definition) is 2. The van der Waals surface area contributed by atoms with Crippen LogP contribution in [-0.4, -0.2) is 12.5 Å². The maximum atomic E-state index is 12.5. The highest BCUT2D eigenvalue weighted by Crippen LogP contribution is 2.30. The lowest BCUT2D eigenvalue weighted by Crippen LogP contribution is -2.23. The zero-order chi connectivity index (χ0) is 13.9. The Kier molecular flexibility index (Phi) is 3.59. The Hall–Kier alpha value is -2.24. The van der Waals surface area contributed by atoms with E-state index in [0.717, 1.165) is 12.1 Å². The fourth-order valence-electron chi connectivity index (χ4n) is 1.60. The molecule has 6 heteroatoms. The van der Waals surface area contributed by atoms with Crippen molar-refractivity contribution in [2.24, 2.45) is 0 Å². The van der Waals surface area contributed by atoms with Gasteiger partial charge in [-0.15, -0.1) is 0 Å². The van der Waals surface area contributed by atoms with Crippen LogP contribution in [0.2, 0.25) is 0 Å². The van der Waals surface area contributed by atoms with Crippen LogP contribution < -0.4 is 10.6 Å². The molecular formula is C13H11F3N2O. The van der Waals surface area contributed by atoms with Crippen LogP contribution in [0.4, 0.5) is 18.9 Å². The normalized spacial score (nSPS) is 14.6. The summed E-state index contributed by atoms with van der Waals surface area (Å²) < 4.78 is 37.6. The highest BCUT2D eigenvalue weighted by Gasteiger charge is 2.30. The summed E-state index contributed by atoms with van der Waals surface area (Å²) in [7, 11) is 0. The van der Waals surface area contributed by atoms with E-state index in [1.54, 1.807) is 18.4 Å². The van der Waals surface area contributed by atoms with E-state index in [-0.39, 0.29) is 5.69 Å². The summed E-state index contributed by atoms with van der Waals surface area (Å²) in [6.07, 6.45) is 0.528. The molecule has 3 nitrogen and oxygen atoms in total. The summed E-state index contributed by atoms with van der Waals surface area (Å²) in [4.78, 5) is 11.8. The monoisotopic (exact) mass is 268 g/mol. The van der Waals surface area contributed by atoms with Gasteiger partial charge in [0, 0.05) is 17.8 Å². The minimum Gasteiger partial charge on any atom is -0.387 e. The second-order valence-electron chi connectivity index (χ2n) is 3.96. The molecule has 0 atom stereocenters. The van der Waals surface area contributed by atoms with E-state index in [9.17, 15) is 18.0 Å². The van der Waals surface area contributed by atoms with Crippen molar-refractivity contribution in [1.29, 1.82) is 0 Å². The minimum atomic E-state index is -4.42. The molecule has 0 aromatic heterocycles. The number of carbonyl (C=O) groups is 1. The van der Waals surface area contributed by atoms with Gasteiger partial charge in [-0.05, 0) is 30.5 Å². The highest BCUT2D eigenvalue weighted by atomic mass is 19.4. The second kappa shape index (κ2) is 5.17. The third-order valence-corrected chi connectivity index (χ3v) is 2.54. The third-order valence-electron chi connectivity index (χ3n) is 2.54.